The molecule has 2 rings (SSSR count). The number of carbonyl (C=O) groups excluding carboxylic acids is 1. The van der Waals surface area contributed by atoms with Gasteiger partial charge in [0.2, 0.25) is 5.82 Å². The lowest BCUT2D eigenvalue weighted by Gasteiger charge is -2.04. The van der Waals surface area contributed by atoms with Crippen LogP contribution in [0.4, 0.5) is 19.6 Å². The number of nitro benzene ring substituents is 1. The Morgan fingerprint density at radius 1 is 1.45 bits per heavy atom. The van der Waals surface area contributed by atoms with Crippen LogP contribution < -0.4 is 5.32 Å². The molecule has 6 nitrogen and oxygen atoms in total. The van der Waals surface area contributed by atoms with Gasteiger partial charge in [0.25, 0.3) is 5.91 Å². The monoisotopic (exact) mass is 299 g/mol. The van der Waals surface area contributed by atoms with E-state index in [9.17, 15) is 23.7 Å². The van der Waals surface area contributed by atoms with Crippen LogP contribution in [0.15, 0.2) is 18.3 Å². The highest BCUT2D eigenvalue weighted by Crippen LogP contribution is 2.25. The van der Waals surface area contributed by atoms with Gasteiger partial charge < -0.3 is 0 Å². The molecule has 0 radical (unpaired) electrons. The van der Waals surface area contributed by atoms with Crippen molar-refractivity contribution in [1.82, 2.24) is 4.98 Å². The van der Waals surface area contributed by atoms with Crippen LogP contribution in [0.2, 0.25) is 0 Å². The first-order valence-corrected chi connectivity index (χ1v) is 6.08. The predicted molar refractivity (Wildman–Crippen MR) is 67.8 cm³/mol. The molecule has 9 heteroatoms. The van der Waals surface area contributed by atoms with Crippen LogP contribution in [0.3, 0.4) is 0 Å². The largest absolute Gasteiger partial charge is 0.305 e. The van der Waals surface area contributed by atoms with Crippen molar-refractivity contribution in [3.63, 3.8) is 0 Å². The number of halogens is 2. The minimum absolute atomic E-state index is 0.151. The number of anilines is 1. The van der Waals surface area contributed by atoms with Gasteiger partial charge in [0.15, 0.2) is 5.13 Å². The molecule has 0 aliphatic rings. The summed E-state index contributed by atoms with van der Waals surface area (Å²) in [5.74, 6) is -3.82. The number of rotatable bonds is 3. The number of hydrogen-bond acceptors (Lipinski definition) is 5. The number of nitro groups is 1. The first kappa shape index (κ1) is 14.0. The average Bonchev–Trinajstić information content (AvgIpc) is 2.74. The zero-order chi connectivity index (χ0) is 14.9. The summed E-state index contributed by atoms with van der Waals surface area (Å²) in [5.41, 5.74) is -1.97. The van der Waals surface area contributed by atoms with Gasteiger partial charge in [-0.15, -0.1) is 11.3 Å². The Balaban J connectivity index is 2.38. The number of benzene rings is 1. The number of carbonyl (C=O) groups is 1. The van der Waals surface area contributed by atoms with Crippen molar-refractivity contribution in [2.24, 2.45) is 0 Å². The highest BCUT2D eigenvalue weighted by Gasteiger charge is 2.26. The fourth-order valence-corrected chi connectivity index (χ4v) is 2.12. The number of aromatic nitrogens is 1. The molecule has 0 aliphatic heterocycles. The molecule has 20 heavy (non-hydrogen) atoms. The molecule has 1 heterocycles. The molecule has 1 aromatic heterocycles. The Morgan fingerprint density at radius 3 is 2.70 bits per heavy atom. The molecule has 0 aliphatic carbocycles. The molecule has 1 aromatic carbocycles. The molecule has 104 valence electrons. The summed E-state index contributed by atoms with van der Waals surface area (Å²) < 4.78 is 27.3. The second kappa shape index (κ2) is 5.29. The summed E-state index contributed by atoms with van der Waals surface area (Å²) in [6.45, 7) is 1.74. The maximum absolute atomic E-state index is 13.8. The number of aryl methyl sites for hydroxylation is 1. The van der Waals surface area contributed by atoms with Crippen LogP contribution >= 0.6 is 11.3 Å². The van der Waals surface area contributed by atoms with E-state index in [1.165, 1.54) is 6.20 Å². The van der Waals surface area contributed by atoms with E-state index < -0.39 is 33.7 Å². The number of amides is 1. The highest BCUT2D eigenvalue weighted by atomic mass is 32.1. The van der Waals surface area contributed by atoms with Crippen molar-refractivity contribution < 1.29 is 18.5 Å². The van der Waals surface area contributed by atoms with E-state index in [2.05, 4.69) is 10.3 Å². The third-order valence-electron chi connectivity index (χ3n) is 2.34. The fourth-order valence-electron chi connectivity index (χ4n) is 1.46. The molecular weight excluding hydrogens is 292 g/mol. The lowest BCUT2D eigenvalue weighted by Crippen LogP contribution is -2.16. The minimum Gasteiger partial charge on any atom is -0.298 e. The van der Waals surface area contributed by atoms with Crippen LogP contribution in [0.1, 0.15) is 15.2 Å². The normalized spacial score (nSPS) is 10.3. The van der Waals surface area contributed by atoms with Gasteiger partial charge in [0.05, 0.1) is 4.92 Å². The van der Waals surface area contributed by atoms with Crippen LogP contribution in [-0.4, -0.2) is 15.8 Å². The van der Waals surface area contributed by atoms with E-state index in [0.717, 1.165) is 16.2 Å². The van der Waals surface area contributed by atoms with Crippen LogP contribution in [0.25, 0.3) is 0 Å². The van der Waals surface area contributed by atoms with E-state index in [1.807, 2.05) is 0 Å². The van der Waals surface area contributed by atoms with E-state index in [4.69, 9.17) is 0 Å². The van der Waals surface area contributed by atoms with Crippen molar-refractivity contribution in [3.8, 4) is 0 Å². The lowest BCUT2D eigenvalue weighted by molar-refractivity contribution is -0.387. The maximum Gasteiger partial charge on any atom is 0.305 e. The number of nitrogens with zero attached hydrogens (tertiary/aromatic N) is 2. The van der Waals surface area contributed by atoms with E-state index in [1.54, 1.807) is 6.92 Å². The first-order valence-electron chi connectivity index (χ1n) is 5.26. The third-order valence-corrected chi connectivity index (χ3v) is 3.16. The number of nitrogens with one attached hydrogen (secondary N) is 1. The maximum atomic E-state index is 13.8. The van der Waals surface area contributed by atoms with Crippen molar-refractivity contribution in [2.45, 2.75) is 6.92 Å². The summed E-state index contributed by atoms with van der Waals surface area (Å²) in [4.78, 5) is 25.9. The summed E-state index contributed by atoms with van der Waals surface area (Å²) in [6, 6.07) is 1.33. The smallest absolute Gasteiger partial charge is 0.298 e. The highest BCUT2D eigenvalue weighted by molar-refractivity contribution is 7.15. The first-order chi connectivity index (χ1) is 9.40. The Kier molecular flexibility index (Phi) is 3.70. The molecule has 0 fully saturated rings. The predicted octanol–water partition coefficient (Wildman–Crippen LogP) is 2.89. The molecule has 0 atom stereocenters. The average molecular weight is 299 g/mol. The molecule has 0 spiro atoms. The van der Waals surface area contributed by atoms with Gasteiger partial charge in [0.1, 0.15) is 11.4 Å². The van der Waals surface area contributed by atoms with Crippen LogP contribution in [0, 0.1) is 28.7 Å². The number of thiazole rings is 1. The zero-order valence-electron chi connectivity index (χ0n) is 10.0. The summed E-state index contributed by atoms with van der Waals surface area (Å²) in [6.07, 6.45) is 1.47. The lowest BCUT2D eigenvalue weighted by atomic mass is 10.1. The molecular formula is C11H7F2N3O3S. The van der Waals surface area contributed by atoms with Crippen LogP contribution in [0.5, 0.6) is 0 Å². The van der Waals surface area contributed by atoms with Gasteiger partial charge in [0, 0.05) is 17.1 Å². The van der Waals surface area contributed by atoms with Gasteiger partial charge >= 0.3 is 5.69 Å². The SMILES string of the molecule is Cc1cnc(NC(=O)c2c(F)ccc([N+](=O)[O-])c2F)s1. The molecule has 1 amide bonds. The van der Waals surface area contributed by atoms with Crippen molar-refractivity contribution in [1.29, 1.82) is 0 Å². The quantitative estimate of drug-likeness (QED) is 0.697. The Morgan fingerprint density at radius 2 is 2.15 bits per heavy atom. The second-order valence-electron chi connectivity index (χ2n) is 3.74. The molecule has 0 saturated heterocycles. The van der Waals surface area contributed by atoms with E-state index in [0.29, 0.717) is 12.1 Å². The van der Waals surface area contributed by atoms with Gasteiger partial charge in [-0.3, -0.25) is 20.2 Å². The molecule has 2 aromatic rings. The molecule has 0 bridgehead atoms. The van der Waals surface area contributed by atoms with Crippen molar-refractivity contribution in [3.05, 3.63) is 50.5 Å². The topological polar surface area (TPSA) is 85.1 Å². The molecule has 0 unspecified atom stereocenters. The third kappa shape index (κ3) is 2.62. The molecule has 1 N–H and O–H groups in total. The van der Waals surface area contributed by atoms with Gasteiger partial charge in [-0.1, -0.05) is 0 Å². The zero-order valence-corrected chi connectivity index (χ0v) is 10.8. The van der Waals surface area contributed by atoms with Gasteiger partial charge in [-0.05, 0) is 13.0 Å². The Labute approximate surface area is 115 Å². The van der Waals surface area contributed by atoms with Gasteiger partial charge in [-0.2, -0.15) is 4.39 Å². The van der Waals surface area contributed by atoms with Crippen molar-refractivity contribution >= 4 is 28.1 Å². The fraction of sp³-hybridized carbons (Fsp3) is 0.0909. The molecule has 0 saturated carbocycles. The Bertz CT molecular complexity index is 702. The summed E-state index contributed by atoms with van der Waals surface area (Å²) >= 11 is 1.11. The van der Waals surface area contributed by atoms with Crippen LogP contribution in [-0.2, 0) is 0 Å². The number of hydrogen-bond donors (Lipinski definition) is 1. The van der Waals surface area contributed by atoms with Gasteiger partial charge in [-0.25, -0.2) is 9.37 Å². The van der Waals surface area contributed by atoms with E-state index >= 15 is 0 Å². The standard InChI is InChI=1S/C11H7F2N3O3S/c1-5-4-14-11(20-5)15-10(17)8-6(12)2-3-7(9(8)13)16(18)19/h2-4H,1H3,(H,14,15,17). The van der Waals surface area contributed by atoms with E-state index in [-0.39, 0.29) is 5.13 Å². The Hall–Kier alpha value is -2.42. The summed E-state index contributed by atoms with van der Waals surface area (Å²) in [7, 11) is 0. The van der Waals surface area contributed by atoms with Crippen molar-refractivity contribution in [2.75, 3.05) is 5.32 Å². The summed E-state index contributed by atoms with van der Waals surface area (Å²) in [5, 5.41) is 12.9. The second-order valence-corrected chi connectivity index (χ2v) is 4.98. The minimum atomic E-state index is -1.51.